The predicted octanol–water partition coefficient (Wildman–Crippen LogP) is 4.19. The van der Waals surface area contributed by atoms with E-state index in [1.54, 1.807) is 23.1 Å². The van der Waals surface area contributed by atoms with Crippen LogP contribution in [0.3, 0.4) is 0 Å². The molecule has 1 aliphatic heterocycles. The maximum Gasteiger partial charge on any atom is 0.411 e. The van der Waals surface area contributed by atoms with Crippen molar-refractivity contribution in [3.05, 3.63) is 95.2 Å². The van der Waals surface area contributed by atoms with Gasteiger partial charge in [-0.05, 0) is 41.8 Å². The summed E-state index contributed by atoms with van der Waals surface area (Å²) in [5, 5.41) is 11.6. The molecule has 176 valence electrons. The van der Waals surface area contributed by atoms with E-state index in [9.17, 15) is 19.2 Å². The minimum Gasteiger partial charge on any atom is -0.619 e. The molecule has 2 aromatic carbocycles. The highest BCUT2D eigenvalue weighted by Crippen LogP contribution is 2.40. The third-order valence-corrected chi connectivity index (χ3v) is 6.39. The Hall–Kier alpha value is -3.94. The van der Waals surface area contributed by atoms with Crippen molar-refractivity contribution in [2.45, 2.75) is 37.8 Å². The number of pyridine rings is 1. The number of nitrogens with zero attached hydrogens (tertiary/aromatic N) is 2. The lowest BCUT2D eigenvalue weighted by atomic mass is 9.84. The van der Waals surface area contributed by atoms with Crippen molar-refractivity contribution in [3.8, 4) is 11.1 Å². The smallest absolute Gasteiger partial charge is 0.411 e. The highest BCUT2D eigenvalue weighted by molar-refractivity contribution is 5.74. The number of hydrogen-bond donors (Lipinski definition) is 1. The lowest BCUT2D eigenvalue weighted by Gasteiger charge is -2.43. The second kappa shape index (κ2) is 9.51. The highest BCUT2D eigenvalue weighted by Gasteiger charge is 2.43. The topological polar surface area (TPSA) is 99.6 Å². The zero-order valence-electron chi connectivity index (χ0n) is 18.8. The first kappa shape index (κ1) is 23.2. The molecular formula is C26H26FN3O4. The molecule has 4 rings (SSSR count). The lowest BCUT2D eigenvalue weighted by Crippen LogP contribution is -2.49. The Labute approximate surface area is 197 Å². The van der Waals surface area contributed by atoms with Gasteiger partial charge in [0, 0.05) is 37.4 Å². The van der Waals surface area contributed by atoms with Gasteiger partial charge in [0.15, 0.2) is 12.4 Å². The number of aromatic nitrogens is 1. The summed E-state index contributed by atoms with van der Waals surface area (Å²) >= 11 is 0. The fraction of sp³-hybridized carbons (Fsp3) is 0.269. The van der Waals surface area contributed by atoms with Crippen LogP contribution in [0.15, 0.2) is 73.1 Å². The summed E-state index contributed by atoms with van der Waals surface area (Å²) in [6.07, 6.45) is 3.14. The Morgan fingerprint density at radius 3 is 2.50 bits per heavy atom. The van der Waals surface area contributed by atoms with Crippen molar-refractivity contribution in [2.24, 2.45) is 5.73 Å². The van der Waals surface area contributed by atoms with Crippen molar-refractivity contribution in [1.29, 1.82) is 0 Å². The van der Waals surface area contributed by atoms with Crippen molar-refractivity contribution in [1.82, 2.24) is 4.90 Å². The summed E-state index contributed by atoms with van der Waals surface area (Å²) in [5.41, 5.74) is 7.55. The molecule has 3 aromatic rings. The maximum atomic E-state index is 13.5. The average molecular weight is 464 g/mol. The van der Waals surface area contributed by atoms with E-state index < -0.39 is 23.4 Å². The fourth-order valence-electron chi connectivity index (χ4n) is 4.38. The monoisotopic (exact) mass is 463 g/mol. The molecule has 1 aliphatic rings. The molecule has 2 N–H and O–H groups in total. The zero-order valence-corrected chi connectivity index (χ0v) is 18.8. The van der Waals surface area contributed by atoms with Crippen molar-refractivity contribution in [2.75, 3.05) is 6.54 Å². The first-order chi connectivity index (χ1) is 16.3. The SMILES string of the molecule is C[C@@H](c1ccc(-c2ccc[n+]([O-])c2)cc1)N1CC[C@](CCC(N)=O)(c2ccc(F)cc2)OC1=O. The van der Waals surface area contributed by atoms with Crippen LogP contribution >= 0.6 is 0 Å². The van der Waals surface area contributed by atoms with Gasteiger partial charge in [-0.15, -0.1) is 0 Å². The quantitative estimate of drug-likeness (QED) is 0.419. The largest absolute Gasteiger partial charge is 0.619 e. The third-order valence-electron chi connectivity index (χ3n) is 6.39. The van der Waals surface area contributed by atoms with Gasteiger partial charge < -0.3 is 20.6 Å². The lowest BCUT2D eigenvalue weighted by molar-refractivity contribution is -0.604. The average Bonchev–Trinajstić information content (AvgIpc) is 2.83. The molecule has 8 heteroatoms. The number of benzene rings is 2. The standard InChI is InChI=1S/C26H26FN3O4/c1-18(19-4-6-20(7-5-19)21-3-2-15-29(33)17-21)30-16-14-26(34-25(30)32,13-12-24(28)31)22-8-10-23(27)11-9-22/h2-11,15,17-18H,12-14,16H2,1H3,(H2,28,31)/t18-,26+/m0/s1. The van der Waals surface area contributed by atoms with E-state index in [0.717, 1.165) is 21.4 Å². The summed E-state index contributed by atoms with van der Waals surface area (Å²) in [5.74, 6) is -0.885. The molecule has 1 saturated heterocycles. The first-order valence-corrected chi connectivity index (χ1v) is 11.1. The van der Waals surface area contributed by atoms with Gasteiger partial charge >= 0.3 is 6.09 Å². The molecular weight excluding hydrogens is 437 g/mol. The number of carbonyl (C=O) groups excluding carboxylic acids is 2. The Kier molecular flexibility index (Phi) is 6.49. The molecule has 2 atom stereocenters. The molecule has 2 heterocycles. The molecule has 1 fully saturated rings. The van der Waals surface area contributed by atoms with E-state index in [1.807, 2.05) is 37.3 Å². The molecule has 7 nitrogen and oxygen atoms in total. The number of carbonyl (C=O) groups is 2. The molecule has 0 radical (unpaired) electrons. The van der Waals surface area contributed by atoms with E-state index in [-0.39, 0.29) is 18.9 Å². The number of halogens is 1. The van der Waals surface area contributed by atoms with Crippen LogP contribution in [-0.4, -0.2) is 23.4 Å². The van der Waals surface area contributed by atoms with E-state index in [1.165, 1.54) is 24.5 Å². The van der Waals surface area contributed by atoms with Crippen LogP contribution in [0.25, 0.3) is 11.1 Å². The molecule has 0 aliphatic carbocycles. The number of rotatable bonds is 7. The van der Waals surface area contributed by atoms with Crippen LogP contribution in [-0.2, 0) is 15.1 Å². The number of amides is 2. The molecule has 34 heavy (non-hydrogen) atoms. The van der Waals surface area contributed by atoms with Gasteiger partial charge in [0.25, 0.3) is 0 Å². The summed E-state index contributed by atoms with van der Waals surface area (Å²) < 4.78 is 20.2. The summed E-state index contributed by atoms with van der Waals surface area (Å²) in [7, 11) is 0. The Bertz CT molecular complexity index is 1180. The highest BCUT2D eigenvalue weighted by atomic mass is 19.1. The van der Waals surface area contributed by atoms with E-state index in [0.29, 0.717) is 18.5 Å². The van der Waals surface area contributed by atoms with Gasteiger partial charge in [-0.25, -0.2) is 9.18 Å². The molecule has 2 amide bonds. The minimum atomic E-state index is -1.04. The minimum absolute atomic E-state index is 0.0461. The van der Waals surface area contributed by atoms with Gasteiger partial charge in [-0.2, -0.15) is 4.73 Å². The van der Waals surface area contributed by atoms with Crippen LogP contribution in [0.5, 0.6) is 0 Å². The number of nitrogens with two attached hydrogens (primary N) is 1. The van der Waals surface area contributed by atoms with Crippen LogP contribution in [0.2, 0.25) is 0 Å². The summed E-state index contributed by atoms with van der Waals surface area (Å²) in [6, 6.07) is 16.7. The first-order valence-electron chi connectivity index (χ1n) is 11.1. The van der Waals surface area contributed by atoms with Crippen molar-refractivity contribution in [3.63, 3.8) is 0 Å². The molecule has 1 aromatic heterocycles. The second-order valence-corrected chi connectivity index (χ2v) is 8.53. The number of cyclic esters (lactones) is 1. The fourth-order valence-corrected chi connectivity index (χ4v) is 4.38. The summed E-state index contributed by atoms with van der Waals surface area (Å²) in [6.45, 7) is 2.31. The normalized spacial score (nSPS) is 18.9. The van der Waals surface area contributed by atoms with Crippen LogP contribution in [0.4, 0.5) is 9.18 Å². The van der Waals surface area contributed by atoms with Gasteiger partial charge in [0.05, 0.1) is 6.04 Å². The van der Waals surface area contributed by atoms with Crippen LogP contribution < -0.4 is 10.5 Å². The van der Waals surface area contributed by atoms with Crippen LogP contribution in [0, 0.1) is 11.0 Å². The maximum absolute atomic E-state index is 13.5. The number of hydrogen-bond acceptors (Lipinski definition) is 4. The Morgan fingerprint density at radius 2 is 1.88 bits per heavy atom. The van der Waals surface area contributed by atoms with Crippen LogP contribution in [0.1, 0.15) is 43.4 Å². The molecule has 0 saturated carbocycles. The zero-order chi connectivity index (χ0) is 24.3. The Morgan fingerprint density at radius 1 is 1.18 bits per heavy atom. The van der Waals surface area contributed by atoms with Crippen molar-refractivity contribution < 1.29 is 23.4 Å². The number of primary amides is 1. The molecule has 0 unspecified atom stereocenters. The molecule has 0 spiro atoms. The van der Waals surface area contributed by atoms with E-state index in [4.69, 9.17) is 10.5 Å². The van der Waals surface area contributed by atoms with E-state index in [2.05, 4.69) is 0 Å². The van der Waals surface area contributed by atoms with Gasteiger partial charge in [0.1, 0.15) is 11.4 Å². The summed E-state index contributed by atoms with van der Waals surface area (Å²) in [4.78, 5) is 26.2. The van der Waals surface area contributed by atoms with Gasteiger partial charge in [0.2, 0.25) is 5.91 Å². The van der Waals surface area contributed by atoms with Crippen molar-refractivity contribution >= 4 is 12.0 Å². The Balaban J connectivity index is 1.52. The van der Waals surface area contributed by atoms with E-state index >= 15 is 0 Å². The number of ether oxygens (including phenoxy) is 1. The van der Waals surface area contributed by atoms with Gasteiger partial charge in [-0.1, -0.05) is 36.4 Å². The third kappa shape index (κ3) is 4.85. The molecule has 0 bridgehead atoms. The second-order valence-electron chi connectivity index (χ2n) is 8.53. The predicted molar refractivity (Wildman–Crippen MR) is 124 cm³/mol. The van der Waals surface area contributed by atoms with Gasteiger partial charge in [-0.3, -0.25) is 4.79 Å².